The molecule has 0 saturated heterocycles. The minimum absolute atomic E-state index is 0.883. The van der Waals surface area contributed by atoms with Gasteiger partial charge in [-0.25, -0.2) is 0 Å². The first-order valence-electron chi connectivity index (χ1n) is 7.78. The van der Waals surface area contributed by atoms with E-state index in [0.717, 1.165) is 25.0 Å². The molecule has 0 aliphatic heterocycles. The van der Waals surface area contributed by atoms with Gasteiger partial charge in [0, 0.05) is 13.2 Å². The van der Waals surface area contributed by atoms with Crippen LogP contribution in [0.25, 0.3) is 0 Å². The smallest absolute Gasteiger partial charge is 0.0466 e. The molecule has 0 heterocycles. The zero-order chi connectivity index (χ0) is 12.9. The lowest BCUT2D eigenvalue weighted by atomic mass is 10.0. The molecule has 0 bridgehead atoms. The molecule has 0 fully saturated rings. The van der Waals surface area contributed by atoms with Crippen LogP contribution < -0.4 is 0 Å². The molecule has 104 valence electrons. The molecule has 0 amide bonds. The highest BCUT2D eigenvalue weighted by molar-refractivity contribution is 4.53. The molecule has 2 unspecified atom stereocenters. The minimum atomic E-state index is 0.883. The molecule has 0 aliphatic rings. The van der Waals surface area contributed by atoms with Gasteiger partial charge in [0.2, 0.25) is 0 Å². The number of hydrogen-bond donors (Lipinski definition) is 0. The van der Waals surface area contributed by atoms with Crippen molar-refractivity contribution in [2.75, 3.05) is 13.2 Å². The van der Waals surface area contributed by atoms with Crippen molar-refractivity contribution in [3.05, 3.63) is 0 Å². The molecular weight excluding hydrogens is 208 g/mol. The van der Waals surface area contributed by atoms with Crippen molar-refractivity contribution in [3.8, 4) is 0 Å². The highest BCUT2D eigenvalue weighted by Crippen LogP contribution is 2.13. The van der Waals surface area contributed by atoms with Gasteiger partial charge in [0.25, 0.3) is 0 Å². The Bertz CT molecular complexity index is 128. The topological polar surface area (TPSA) is 9.23 Å². The van der Waals surface area contributed by atoms with E-state index in [4.69, 9.17) is 4.74 Å². The molecule has 17 heavy (non-hydrogen) atoms. The summed E-state index contributed by atoms with van der Waals surface area (Å²) in [5.41, 5.74) is 0. The van der Waals surface area contributed by atoms with Gasteiger partial charge in [0.1, 0.15) is 0 Å². The molecule has 0 aromatic rings. The first-order chi connectivity index (χ1) is 8.20. The summed E-state index contributed by atoms with van der Waals surface area (Å²) in [6, 6.07) is 0. The Morgan fingerprint density at radius 2 is 1.12 bits per heavy atom. The van der Waals surface area contributed by atoms with E-state index in [1.54, 1.807) is 0 Å². The molecule has 0 spiro atoms. The second-order valence-electron chi connectivity index (χ2n) is 5.68. The summed E-state index contributed by atoms with van der Waals surface area (Å²) in [5.74, 6) is 1.77. The maximum atomic E-state index is 5.69. The Balaban J connectivity index is 3.13. The average molecular weight is 242 g/mol. The van der Waals surface area contributed by atoms with Crippen LogP contribution in [0.1, 0.15) is 79.1 Å². The van der Waals surface area contributed by atoms with Gasteiger partial charge in [-0.2, -0.15) is 0 Å². The monoisotopic (exact) mass is 242 g/mol. The molecule has 0 saturated carbocycles. The van der Waals surface area contributed by atoms with E-state index < -0.39 is 0 Å². The summed E-state index contributed by atoms with van der Waals surface area (Å²) < 4.78 is 5.69. The van der Waals surface area contributed by atoms with E-state index in [2.05, 4.69) is 27.7 Å². The molecule has 0 aromatic heterocycles. The second-order valence-corrected chi connectivity index (χ2v) is 5.68. The summed E-state index contributed by atoms with van der Waals surface area (Å²) in [7, 11) is 0. The number of ether oxygens (including phenoxy) is 1. The summed E-state index contributed by atoms with van der Waals surface area (Å²) in [4.78, 5) is 0. The maximum absolute atomic E-state index is 5.69. The predicted molar refractivity (Wildman–Crippen MR) is 77.4 cm³/mol. The largest absolute Gasteiger partial charge is 0.381 e. The lowest BCUT2D eigenvalue weighted by Gasteiger charge is -2.11. The third kappa shape index (κ3) is 12.2. The molecule has 0 rings (SSSR count). The first-order valence-corrected chi connectivity index (χ1v) is 7.78. The van der Waals surface area contributed by atoms with Crippen LogP contribution in [0.15, 0.2) is 0 Å². The lowest BCUT2D eigenvalue weighted by molar-refractivity contribution is 0.120. The van der Waals surface area contributed by atoms with Crippen molar-refractivity contribution in [3.63, 3.8) is 0 Å². The highest BCUT2D eigenvalue weighted by atomic mass is 16.5. The van der Waals surface area contributed by atoms with Crippen LogP contribution in [0.2, 0.25) is 0 Å². The van der Waals surface area contributed by atoms with Crippen molar-refractivity contribution in [1.82, 2.24) is 0 Å². The fraction of sp³-hybridized carbons (Fsp3) is 1.00. The van der Waals surface area contributed by atoms with Crippen molar-refractivity contribution in [1.29, 1.82) is 0 Å². The quantitative estimate of drug-likeness (QED) is 0.414. The Hall–Kier alpha value is -0.0400. The van der Waals surface area contributed by atoms with E-state index in [9.17, 15) is 0 Å². The van der Waals surface area contributed by atoms with E-state index in [1.165, 1.54) is 51.4 Å². The number of hydrogen-bond acceptors (Lipinski definition) is 1. The van der Waals surface area contributed by atoms with Crippen molar-refractivity contribution >= 4 is 0 Å². The lowest BCUT2D eigenvalue weighted by Crippen LogP contribution is -2.02. The molecule has 0 aliphatic carbocycles. The molecule has 1 nitrogen and oxygen atoms in total. The van der Waals surface area contributed by atoms with Gasteiger partial charge in [-0.1, -0.05) is 53.4 Å². The SMILES string of the molecule is CCCC(C)CCCOCCCC(C)CCC. The zero-order valence-electron chi connectivity index (χ0n) is 12.6. The number of rotatable bonds is 12. The van der Waals surface area contributed by atoms with Gasteiger partial charge in [0.05, 0.1) is 0 Å². The fourth-order valence-electron chi connectivity index (χ4n) is 2.44. The van der Waals surface area contributed by atoms with E-state index in [1.807, 2.05) is 0 Å². The summed E-state index contributed by atoms with van der Waals surface area (Å²) in [6.07, 6.45) is 10.5. The molecule has 2 atom stereocenters. The van der Waals surface area contributed by atoms with Crippen LogP contribution in [0.4, 0.5) is 0 Å². The van der Waals surface area contributed by atoms with Crippen LogP contribution >= 0.6 is 0 Å². The van der Waals surface area contributed by atoms with Gasteiger partial charge in [-0.15, -0.1) is 0 Å². The van der Waals surface area contributed by atoms with Crippen LogP contribution in [0, 0.1) is 11.8 Å². The van der Waals surface area contributed by atoms with Gasteiger partial charge >= 0.3 is 0 Å². The summed E-state index contributed by atoms with van der Waals surface area (Å²) in [5, 5.41) is 0. The first kappa shape index (κ1) is 17.0. The Morgan fingerprint density at radius 1 is 0.706 bits per heavy atom. The fourth-order valence-corrected chi connectivity index (χ4v) is 2.44. The van der Waals surface area contributed by atoms with Crippen LogP contribution in [-0.4, -0.2) is 13.2 Å². The highest BCUT2D eigenvalue weighted by Gasteiger charge is 2.01. The van der Waals surface area contributed by atoms with Gasteiger partial charge in [-0.3, -0.25) is 0 Å². The normalized spacial score (nSPS) is 14.8. The predicted octanol–water partition coefficient (Wildman–Crippen LogP) is 5.44. The van der Waals surface area contributed by atoms with Gasteiger partial charge < -0.3 is 4.74 Å². The third-order valence-corrected chi connectivity index (χ3v) is 3.53. The molecule has 0 aromatic carbocycles. The van der Waals surface area contributed by atoms with Crippen molar-refractivity contribution < 1.29 is 4.74 Å². The van der Waals surface area contributed by atoms with E-state index in [0.29, 0.717) is 0 Å². The molecular formula is C16H34O. The van der Waals surface area contributed by atoms with E-state index in [-0.39, 0.29) is 0 Å². The maximum Gasteiger partial charge on any atom is 0.0466 e. The minimum Gasteiger partial charge on any atom is -0.381 e. The van der Waals surface area contributed by atoms with Gasteiger partial charge in [-0.05, 0) is 37.5 Å². The van der Waals surface area contributed by atoms with Crippen LogP contribution in [-0.2, 0) is 4.74 Å². The summed E-state index contributed by atoms with van der Waals surface area (Å²) in [6.45, 7) is 11.2. The Morgan fingerprint density at radius 3 is 1.47 bits per heavy atom. The third-order valence-electron chi connectivity index (χ3n) is 3.53. The van der Waals surface area contributed by atoms with Gasteiger partial charge in [0.15, 0.2) is 0 Å². The summed E-state index contributed by atoms with van der Waals surface area (Å²) >= 11 is 0. The zero-order valence-corrected chi connectivity index (χ0v) is 12.6. The Labute approximate surface area is 109 Å². The standard InChI is InChI=1S/C16H34O/c1-5-9-15(3)11-7-13-17-14-8-12-16(4)10-6-2/h15-16H,5-14H2,1-4H3. The average Bonchev–Trinajstić information content (AvgIpc) is 2.28. The van der Waals surface area contributed by atoms with Crippen molar-refractivity contribution in [2.24, 2.45) is 11.8 Å². The molecule has 1 heteroatoms. The molecule has 0 radical (unpaired) electrons. The van der Waals surface area contributed by atoms with Crippen LogP contribution in [0.5, 0.6) is 0 Å². The Kier molecular flexibility index (Phi) is 12.4. The molecule has 0 N–H and O–H groups in total. The van der Waals surface area contributed by atoms with Crippen molar-refractivity contribution in [2.45, 2.75) is 79.1 Å². The second kappa shape index (κ2) is 12.4. The van der Waals surface area contributed by atoms with Crippen LogP contribution in [0.3, 0.4) is 0 Å². The van der Waals surface area contributed by atoms with E-state index >= 15 is 0 Å².